The molecule has 1 aromatic heterocycles. The van der Waals surface area contributed by atoms with Crippen LogP contribution in [0.5, 0.6) is 5.75 Å². The maximum Gasteiger partial charge on any atom is 0.208 e. The zero-order valence-corrected chi connectivity index (χ0v) is 14.5. The summed E-state index contributed by atoms with van der Waals surface area (Å²) in [4.78, 5) is 4.77. The monoisotopic (exact) mass is 323 g/mol. The van der Waals surface area contributed by atoms with Gasteiger partial charge in [-0.2, -0.15) is 0 Å². The van der Waals surface area contributed by atoms with Gasteiger partial charge in [0.05, 0.1) is 17.6 Å². The van der Waals surface area contributed by atoms with Crippen LogP contribution in [0.3, 0.4) is 0 Å². The van der Waals surface area contributed by atoms with E-state index in [4.69, 9.17) is 9.72 Å². The summed E-state index contributed by atoms with van der Waals surface area (Å²) in [5.41, 5.74) is 3.23. The molecule has 3 aromatic rings. The largest absolute Gasteiger partial charge is 0.494 e. The molecule has 126 valence electrons. The number of fused-ring (bicyclic) bond motifs is 1. The van der Waals surface area contributed by atoms with E-state index in [0.29, 0.717) is 6.61 Å². The van der Waals surface area contributed by atoms with Crippen LogP contribution in [0, 0.1) is 0 Å². The van der Waals surface area contributed by atoms with Crippen molar-refractivity contribution in [2.75, 3.05) is 11.9 Å². The number of nitrogens with zero attached hydrogens (tertiary/aromatic N) is 2. The molecule has 0 spiro atoms. The van der Waals surface area contributed by atoms with Gasteiger partial charge in [0.2, 0.25) is 5.95 Å². The van der Waals surface area contributed by atoms with Crippen molar-refractivity contribution in [3.63, 3.8) is 0 Å². The normalized spacial score (nSPS) is 10.9. The van der Waals surface area contributed by atoms with Gasteiger partial charge in [0.15, 0.2) is 0 Å². The lowest BCUT2D eigenvalue weighted by Gasteiger charge is -2.11. The van der Waals surface area contributed by atoms with Crippen LogP contribution >= 0.6 is 0 Å². The molecular formula is C20H25N3O. The molecule has 0 aliphatic carbocycles. The summed E-state index contributed by atoms with van der Waals surface area (Å²) < 4.78 is 7.78. The van der Waals surface area contributed by atoms with Crippen molar-refractivity contribution >= 4 is 22.7 Å². The highest BCUT2D eigenvalue weighted by Gasteiger charge is 2.10. The van der Waals surface area contributed by atoms with E-state index >= 15 is 0 Å². The summed E-state index contributed by atoms with van der Waals surface area (Å²) in [5, 5.41) is 3.45. The Bertz CT molecular complexity index is 777. The van der Waals surface area contributed by atoms with Crippen LogP contribution in [0.15, 0.2) is 48.5 Å². The van der Waals surface area contributed by atoms with Crippen LogP contribution in [0.1, 0.15) is 33.1 Å². The minimum absolute atomic E-state index is 0.681. The number of hydrogen-bond donors (Lipinski definition) is 1. The molecule has 0 aliphatic heterocycles. The Kier molecular flexibility index (Phi) is 5.36. The van der Waals surface area contributed by atoms with E-state index in [-0.39, 0.29) is 0 Å². The van der Waals surface area contributed by atoms with Crippen molar-refractivity contribution in [1.82, 2.24) is 9.55 Å². The number of ether oxygens (including phenoxy) is 1. The van der Waals surface area contributed by atoms with E-state index < -0.39 is 0 Å². The van der Waals surface area contributed by atoms with Crippen LogP contribution in [-0.2, 0) is 6.54 Å². The average Bonchev–Trinajstić information content (AvgIpc) is 2.95. The first kappa shape index (κ1) is 16.4. The number of imidazole rings is 1. The predicted molar refractivity (Wildman–Crippen MR) is 100 cm³/mol. The number of aromatic nitrogens is 2. The van der Waals surface area contributed by atoms with Gasteiger partial charge in [-0.05, 0) is 49.7 Å². The van der Waals surface area contributed by atoms with Gasteiger partial charge in [-0.3, -0.25) is 0 Å². The fourth-order valence-corrected chi connectivity index (χ4v) is 2.85. The fraction of sp³-hybridized carbons (Fsp3) is 0.350. The number of para-hydroxylation sites is 2. The van der Waals surface area contributed by atoms with E-state index in [1.807, 2.05) is 37.3 Å². The van der Waals surface area contributed by atoms with E-state index in [1.54, 1.807) is 0 Å². The molecular weight excluding hydrogens is 298 g/mol. The summed E-state index contributed by atoms with van der Waals surface area (Å²) in [6, 6.07) is 16.3. The summed E-state index contributed by atoms with van der Waals surface area (Å²) in [5.74, 6) is 1.79. The van der Waals surface area contributed by atoms with Crippen LogP contribution in [0.4, 0.5) is 11.6 Å². The number of rotatable bonds is 8. The number of unbranched alkanes of at least 4 members (excludes halogenated alkanes) is 2. The molecule has 1 heterocycles. The molecule has 3 rings (SSSR count). The van der Waals surface area contributed by atoms with Gasteiger partial charge in [0, 0.05) is 12.2 Å². The molecule has 0 radical (unpaired) electrons. The van der Waals surface area contributed by atoms with Gasteiger partial charge in [0.25, 0.3) is 0 Å². The zero-order valence-electron chi connectivity index (χ0n) is 14.5. The summed E-state index contributed by atoms with van der Waals surface area (Å²) >= 11 is 0. The minimum Gasteiger partial charge on any atom is -0.494 e. The van der Waals surface area contributed by atoms with E-state index in [1.165, 1.54) is 18.4 Å². The van der Waals surface area contributed by atoms with E-state index in [2.05, 4.69) is 35.0 Å². The highest BCUT2D eigenvalue weighted by Crippen LogP contribution is 2.24. The third kappa shape index (κ3) is 3.70. The Morgan fingerprint density at radius 1 is 1.00 bits per heavy atom. The average molecular weight is 323 g/mol. The van der Waals surface area contributed by atoms with Crippen LogP contribution in [-0.4, -0.2) is 16.2 Å². The van der Waals surface area contributed by atoms with Gasteiger partial charge < -0.3 is 14.6 Å². The third-order valence-electron chi connectivity index (χ3n) is 4.06. The number of benzene rings is 2. The van der Waals surface area contributed by atoms with Crippen molar-refractivity contribution in [2.45, 2.75) is 39.7 Å². The molecule has 0 fully saturated rings. The molecule has 0 saturated carbocycles. The smallest absolute Gasteiger partial charge is 0.208 e. The first-order valence-electron chi connectivity index (χ1n) is 8.77. The van der Waals surface area contributed by atoms with Gasteiger partial charge in [-0.25, -0.2) is 4.98 Å². The molecule has 4 heteroatoms. The molecule has 0 amide bonds. The predicted octanol–water partition coefficient (Wildman–Crippen LogP) is 5.37. The molecule has 1 N–H and O–H groups in total. The van der Waals surface area contributed by atoms with Gasteiger partial charge >= 0.3 is 0 Å². The second-order valence-corrected chi connectivity index (χ2v) is 5.87. The maximum absolute atomic E-state index is 5.50. The minimum atomic E-state index is 0.681. The fourth-order valence-electron chi connectivity index (χ4n) is 2.85. The second kappa shape index (κ2) is 7.86. The lowest BCUT2D eigenvalue weighted by atomic mass is 10.2. The first-order valence-corrected chi connectivity index (χ1v) is 8.77. The van der Waals surface area contributed by atoms with E-state index in [0.717, 1.165) is 35.9 Å². The number of nitrogens with one attached hydrogen (secondary N) is 1. The Balaban J connectivity index is 1.85. The molecule has 0 aliphatic rings. The van der Waals surface area contributed by atoms with Crippen molar-refractivity contribution in [1.29, 1.82) is 0 Å². The van der Waals surface area contributed by atoms with Crippen molar-refractivity contribution < 1.29 is 4.74 Å². The highest BCUT2D eigenvalue weighted by atomic mass is 16.5. The molecule has 24 heavy (non-hydrogen) atoms. The van der Waals surface area contributed by atoms with Crippen molar-refractivity contribution in [3.05, 3.63) is 48.5 Å². The Morgan fingerprint density at radius 2 is 1.79 bits per heavy atom. The van der Waals surface area contributed by atoms with E-state index in [9.17, 15) is 0 Å². The topological polar surface area (TPSA) is 39.1 Å². The van der Waals surface area contributed by atoms with Crippen LogP contribution < -0.4 is 10.1 Å². The molecule has 0 unspecified atom stereocenters. The summed E-state index contributed by atoms with van der Waals surface area (Å²) in [6.07, 6.45) is 3.61. The van der Waals surface area contributed by atoms with Crippen molar-refractivity contribution in [3.8, 4) is 5.75 Å². The molecule has 0 saturated heterocycles. The van der Waals surface area contributed by atoms with Crippen molar-refractivity contribution in [2.24, 2.45) is 0 Å². The maximum atomic E-state index is 5.50. The Hall–Kier alpha value is -2.49. The van der Waals surface area contributed by atoms with Gasteiger partial charge in [0.1, 0.15) is 5.75 Å². The first-order chi connectivity index (χ1) is 11.8. The standard InChI is InChI=1S/C20H25N3O/c1-3-5-8-15-23-19-10-7-6-9-18(19)22-20(23)21-16-11-13-17(14-12-16)24-4-2/h6-7,9-14H,3-5,8,15H2,1-2H3,(H,21,22). The van der Waals surface area contributed by atoms with Crippen LogP contribution in [0.2, 0.25) is 0 Å². The Morgan fingerprint density at radius 3 is 2.54 bits per heavy atom. The van der Waals surface area contributed by atoms with Gasteiger partial charge in [-0.15, -0.1) is 0 Å². The lowest BCUT2D eigenvalue weighted by molar-refractivity contribution is 0.340. The second-order valence-electron chi connectivity index (χ2n) is 5.87. The Labute approximate surface area is 143 Å². The lowest BCUT2D eigenvalue weighted by Crippen LogP contribution is -2.04. The quantitative estimate of drug-likeness (QED) is 0.566. The SMILES string of the molecule is CCCCCn1c(Nc2ccc(OCC)cc2)nc2ccccc21. The summed E-state index contributed by atoms with van der Waals surface area (Å²) in [6.45, 7) is 5.88. The molecule has 0 atom stereocenters. The summed E-state index contributed by atoms with van der Waals surface area (Å²) in [7, 11) is 0. The highest BCUT2D eigenvalue weighted by molar-refractivity contribution is 5.79. The third-order valence-corrected chi connectivity index (χ3v) is 4.06. The van der Waals surface area contributed by atoms with Gasteiger partial charge in [-0.1, -0.05) is 31.9 Å². The molecule has 4 nitrogen and oxygen atoms in total. The zero-order chi connectivity index (χ0) is 16.8. The number of hydrogen-bond acceptors (Lipinski definition) is 3. The number of aryl methyl sites for hydroxylation is 1. The number of anilines is 2. The molecule has 2 aromatic carbocycles. The van der Waals surface area contributed by atoms with Crippen LogP contribution in [0.25, 0.3) is 11.0 Å². The molecule has 0 bridgehead atoms.